The number of halogens is 1. The molecule has 0 spiro atoms. The molecule has 0 radical (unpaired) electrons. The van der Waals surface area contributed by atoms with Crippen LogP contribution in [-0.4, -0.2) is 29.1 Å². The third-order valence-electron chi connectivity index (χ3n) is 5.34. The van der Waals surface area contributed by atoms with Crippen molar-refractivity contribution in [3.8, 4) is 0 Å². The molecule has 2 heterocycles. The lowest BCUT2D eigenvalue weighted by Gasteiger charge is -2.51. The van der Waals surface area contributed by atoms with Gasteiger partial charge in [0.1, 0.15) is 5.82 Å². The van der Waals surface area contributed by atoms with E-state index in [9.17, 15) is 9.50 Å². The molecule has 110 valence electrons. The summed E-state index contributed by atoms with van der Waals surface area (Å²) in [5.74, 6) is -0.208. The summed E-state index contributed by atoms with van der Waals surface area (Å²) in [7, 11) is 2.18. The topological polar surface area (TPSA) is 23.5 Å². The number of piperidine rings is 2. The average molecular weight is 277 g/mol. The van der Waals surface area contributed by atoms with Gasteiger partial charge in [-0.25, -0.2) is 4.39 Å². The zero-order valence-corrected chi connectivity index (χ0v) is 12.6. The number of nitrogens with zero attached hydrogens (tertiary/aromatic N) is 1. The molecule has 1 aromatic rings. The van der Waals surface area contributed by atoms with E-state index in [1.165, 1.54) is 6.42 Å². The van der Waals surface area contributed by atoms with Crippen LogP contribution in [-0.2, 0) is 5.60 Å². The van der Waals surface area contributed by atoms with Crippen molar-refractivity contribution in [2.75, 3.05) is 7.05 Å². The summed E-state index contributed by atoms with van der Waals surface area (Å²) in [4.78, 5) is 2.44. The summed E-state index contributed by atoms with van der Waals surface area (Å²) in [6.07, 6.45) is 5.13. The molecule has 2 saturated heterocycles. The van der Waals surface area contributed by atoms with Gasteiger partial charge in [0.25, 0.3) is 0 Å². The number of aliphatic hydroxyl groups is 1. The minimum absolute atomic E-state index is 0.208. The van der Waals surface area contributed by atoms with Gasteiger partial charge in [-0.3, -0.25) is 0 Å². The monoisotopic (exact) mass is 277 g/mol. The molecule has 0 saturated carbocycles. The fraction of sp³-hybridized carbons (Fsp3) is 0.647. The normalized spacial score (nSPS) is 34.2. The third-order valence-corrected chi connectivity index (χ3v) is 5.34. The van der Waals surface area contributed by atoms with E-state index in [4.69, 9.17) is 0 Å². The molecule has 1 N–H and O–H groups in total. The van der Waals surface area contributed by atoms with Crippen LogP contribution in [0.1, 0.15) is 48.8 Å². The van der Waals surface area contributed by atoms with Gasteiger partial charge >= 0.3 is 0 Å². The summed E-state index contributed by atoms with van der Waals surface area (Å²) in [5.41, 5.74) is 1.94. The molecule has 2 aliphatic heterocycles. The Labute approximate surface area is 120 Å². The van der Waals surface area contributed by atoms with Crippen LogP contribution in [0.5, 0.6) is 0 Å². The highest BCUT2D eigenvalue weighted by atomic mass is 19.1. The maximum Gasteiger partial charge on any atom is 0.123 e. The van der Waals surface area contributed by atoms with Crippen LogP contribution in [0.2, 0.25) is 0 Å². The minimum Gasteiger partial charge on any atom is -0.385 e. The van der Waals surface area contributed by atoms with E-state index < -0.39 is 5.60 Å². The summed E-state index contributed by atoms with van der Waals surface area (Å²) < 4.78 is 13.5. The highest BCUT2D eigenvalue weighted by Gasteiger charge is 2.45. The highest BCUT2D eigenvalue weighted by Crippen LogP contribution is 2.45. The quantitative estimate of drug-likeness (QED) is 0.851. The molecule has 2 atom stereocenters. The van der Waals surface area contributed by atoms with Crippen LogP contribution < -0.4 is 0 Å². The van der Waals surface area contributed by atoms with E-state index in [0.29, 0.717) is 12.1 Å². The zero-order chi connectivity index (χ0) is 14.5. The predicted octanol–water partition coefficient (Wildman–Crippen LogP) is 3.28. The van der Waals surface area contributed by atoms with E-state index in [2.05, 4.69) is 11.9 Å². The Balaban J connectivity index is 2.01. The predicted molar refractivity (Wildman–Crippen MR) is 78.2 cm³/mol. The molecule has 0 amide bonds. The minimum atomic E-state index is -0.788. The van der Waals surface area contributed by atoms with Gasteiger partial charge in [-0.15, -0.1) is 0 Å². The molecular formula is C17H24FNO. The number of aryl methyl sites for hydroxylation is 2. The van der Waals surface area contributed by atoms with Crippen molar-refractivity contribution in [1.82, 2.24) is 4.90 Å². The Morgan fingerprint density at radius 1 is 1.15 bits per heavy atom. The molecule has 2 nitrogen and oxygen atoms in total. The third kappa shape index (κ3) is 2.17. The molecule has 1 aromatic carbocycles. The van der Waals surface area contributed by atoms with Gasteiger partial charge in [0, 0.05) is 12.1 Å². The fourth-order valence-electron chi connectivity index (χ4n) is 4.50. The van der Waals surface area contributed by atoms with Crippen molar-refractivity contribution in [3.05, 3.63) is 34.6 Å². The van der Waals surface area contributed by atoms with Gasteiger partial charge in [-0.05, 0) is 75.4 Å². The van der Waals surface area contributed by atoms with Gasteiger partial charge in [-0.2, -0.15) is 0 Å². The van der Waals surface area contributed by atoms with Crippen molar-refractivity contribution in [3.63, 3.8) is 0 Å². The second-order valence-corrected chi connectivity index (χ2v) is 6.76. The first kappa shape index (κ1) is 14.0. The fourth-order valence-corrected chi connectivity index (χ4v) is 4.50. The first-order chi connectivity index (χ1) is 9.40. The van der Waals surface area contributed by atoms with E-state index in [0.717, 1.165) is 42.4 Å². The van der Waals surface area contributed by atoms with Crippen LogP contribution in [0.3, 0.4) is 0 Å². The molecule has 0 aromatic heterocycles. The number of rotatable bonds is 1. The molecule has 2 aliphatic rings. The van der Waals surface area contributed by atoms with E-state index >= 15 is 0 Å². The summed E-state index contributed by atoms with van der Waals surface area (Å²) in [6.45, 7) is 3.83. The summed E-state index contributed by atoms with van der Waals surface area (Å²) in [6, 6.07) is 4.01. The van der Waals surface area contributed by atoms with Crippen LogP contribution in [0.4, 0.5) is 4.39 Å². The Morgan fingerprint density at radius 2 is 1.65 bits per heavy atom. The van der Waals surface area contributed by atoms with Crippen molar-refractivity contribution in [2.45, 2.75) is 63.6 Å². The van der Waals surface area contributed by atoms with E-state index in [1.807, 2.05) is 13.8 Å². The Bertz CT molecular complexity index is 491. The maximum atomic E-state index is 13.5. The largest absolute Gasteiger partial charge is 0.385 e. The molecule has 3 heteroatoms. The van der Waals surface area contributed by atoms with Gasteiger partial charge in [0.05, 0.1) is 5.60 Å². The van der Waals surface area contributed by atoms with Crippen LogP contribution in [0.25, 0.3) is 0 Å². The Hall–Kier alpha value is -0.930. The standard InChI is InChI=1S/C17H24FNO/c1-11-7-13(18)8-12(2)16(11)17(20)9-14-5-4-6-15(10-17)19(14)3/h7-8,14-15,20H,4-6,9-10H2,1-3H3. The number of hydrogen-bond acceptors (Lipinski definition) is 2. The van der Waals surface area contributed by atoms with Crippen molar-refractivity contribution in [1.29, 1.82) is 0 Å². The SMILES string of the molecule is Cc1cc(F)cc(C)c1C1(O)CC2CCCC(C1)N2C. The van der Waals surface area contributed by atoms with Crippen molar-refractivity contribution in [2.24, 2.45) is 0 Å². The molecule has 2 unspecified atom stereocenters. The summed E-state index contributed by atoms with van der Waals surface area (Å²) >= 11 is 0. The number of benzene rings is 1. The Morgan fingerprint density at radius 3 is 2.15 bits per heavy atom. The first-order valence-electron chi connectivity index (χ1n) is 7.62. The highest BCUT2D eigenvalue weighted by molar-refractivity contribution is 5.39. The van der Waals surface area contributed by atoms with E-state index in [1.54, 1.807) is 12.1 Å². The smallest absolute Gasteiger partial charge is 0.123 e. The molecule has 3 rings (SSSR count). The maximum absolute atomic E-state index is 13.5. The zero-order valence-electron chi connectivity index (χ0n) is 12.6. The molecule has 20 heavy (non-hydrogen) atoms. The lowest BCUT2D eigenvalue weighted by atomic mass is 9.71. The van der Waals surface area contributed by atoms with Crippen molar-refractivity contribution < 1.29 is 9.50 Å². The van der Waals surface area contributed by atoms with Gasteiger partial charge < -0.3 is 10.0 Å². The lowest BCUT2D eigenvalue weighted by molar-refractivity contribution is -0.0881. The number of fused-ring (bicyclic) bond motifs is 2. The molecule has 2 bridgehead atoms. The second-order valence-electron chi connectivity index (χ2n) is 6.76. The van der Waals surface area contributed by atoms with Crippen LogP contribution >= 0.6 is 0 Å². The van der Waals surface area contributed by atoms with E-state index in [-0.39, 0.29) is 5.82 Å². The van der Waals surface area contributed by atoms with Crippen molar-refractivity contribution >= 4 is 0 Å². The average Bonchev–Trinajstić information content (AvgIpc) is 2.30. The molecule has 0 aliphatic carbocycles. The second kappa shape index (κ2) is 4.81. The Kier molecular flexibility index (Phi) is 3.38. The van der Waals surface area contributed by atoms with Gasteiger partial charge in [0.15, 0.2) is 0 Å². The van der Waals surface area contributed by atoms with Crippen LogP contribution in [0.15, 0.2) is 12.1 Å². The first-order valence-corrected chi connectivity index (χ1v) is 7.62. The lowest BCUT2D eigenvalue weighted by Crippen LogP contribution is -2.55. The number of hydrogen-bond donors (Lipinski definition) is 1. The van der Waals surface area contributed by atoms with Gasteiger partial charge in [0.2, 0.25) is 0 Å². The van der Waals surface area contributed by atoms with Gasteiger partial charge in [-0.1, -0.05) is 6.42 Å². The molecular weight excluding hydrogens is 253 g/mol. The van der Waals surface area contributed by atoms with Crippen LogP contribution in [0, 0.1) is 19.7 Å². The summed E-state index contributed by atoms with van der Waals surface area (Å²) in [5, 5.41) is 11.3. The molecule has 2 fully saturated rings.